The average molecular weight is 374 g/mol. The maximum absolute atomic E-state index is 11.6. The zero-order valence-electron chi connectivity index (χ0n) is 12.0. The van der Waals surface area contributed by atoms with Crippen LogP contribution in [0.1, 0.15) is 0 Å². The van der Waals surface area contributed by atoms with Gasteiger partial charge in [0.15, 0.2) is 0 Å². The van der Waals surface area contributed by atoms with Crippen molar-refractivity contribution in [2.75, 3.05) is 10.9 Å². The van der Waals surface area contributed by atoms with Gasteiger partial charge in [-0.2, -0.15) is 16.8 Å². The lowest BCUT2D eigenvalue weighted by molar-refractivity contribution is 0.480. The van der Waals surface area contributed by atoms with Crippen molar-refractivity contribution in [3.63, 3.8) is 0 Å². The molecule has 2 aromatic carbocycles. The van der Waals surface area contributed by atoms with Gasteiger partial charge in [-0.3, -0.25) is 20.8 Å². The molecule has 0 amide bonds. The Morgan fingerprint density at radius 2 is 1.04 bits per heavy atom. The van der Waals surface area contributed by atoms with Crippen molar-refractivity contribution in [1.29, 1.82) is 0 Å². The summed E-state index contributed by atoms with van der Waals surface area (Å²) < 4.78 is 65.3. The van der Waals surface area contributed by atoms with Gasteiger partial charge in [0.2, 0.25) is 0 Å². The number of hydrogen-bond acceptors (Lipinski definition) is 8. The summed E-state index contributed by atoms with van der Waals surface area (Å²) in [5, 5.41) is 0. The molecule has 0 aliphatic carbocycles. The second-order valence-electron chi connectivity index (χ2n) is 4.66. The van der Waals surface area contributed by atoms with E-state index in [1.165, 1.54) is 24.3 Å². The molecule has 0 saturated heterocycles. The van der Waals surface area contributed by atoms with Crippen LogP contribution in [0.5, 0.6) is 0 Å². The summed E-state index contributed by atoms with van der Waals surface area (Å²) in [5.74, 6) is 10.4. The molecule has 0 spiro atoms. The quantitative estimate of drug-likeness (QED) is 0.243. The summed E-state index contributed by atoms with van der Waals surface area (Å²) in [6.07, 6.45) is 0. The highest BCUT2D eigenvalue weighted by atomic mass is 32.2. The molecular weight excluding hydrogens is 360 g/mol. The fourth-order valence-electron chi connectivity index (χ4n) is 2.10. The lowest BCUT2D eigenvalue weighted by atomic mass is 10.0. The van der Waals surface area contributed by atoms with Crippen LogP contribution in [0.4, 0.5) is 11.4 Å². The van der Waals surface area contributed by atoms with Crippen LogP contribution < -0.4 is 22.5 Å². The number of anilines is 2. The second-order valence-corrected chi connectivity index (χ2v) is 7.44. The Bertz CT molecular complexity index is 907. The van der Waals surface area contributed by atoms with Crippen molar-refractivity contribution in [3.8, 4) is 11.1 Å². The fourth-order valence-corrected chi connectivity index (χ4v) is 3.56. The highest BCUT2D eigenvalue weighted by molar-refractivity contribution is 7.86. The van der Waals surface area contributed by atoms with Crippen LogP contribution in [0.3, 0.4) is 0 Å². The Labute approximate surface area is 137 Å². The minimum absolute atomic E-state index is 0.146. The summed E-state index contributed by atoms with van der Waals surface area (Å²) in [6.45, 7) is 0. The molecule has 0 heterocycles. The van der Waals surface area contributed by atoms with Gasteiger partial charge < -0.3 is 10.9 Å². The zero-order valence-corrected chi connectivity index (χ0v) is 13.6. The average Bonchev–Trinajstić information content (AvgIpc) is 2.52. The minimum atomic E-state index is -4.70. The van der Waals surface area contributed by atoms with Crippen molar-refractivity contribution in [2.24, 2.45) is 11.7 Å². The smallest absolute Gasteiger partial charge is 0.295 e. The largest absolute Gasteiger partial charge is 0.324 e. The molecular formula is C12H14N4O6S2. The molecule has 0 atom stereocenters. The molecule has 0 saturated carbocycles. The van der Waals surface area contributed by atoms with Crippen molar-refractivity contribution >= 4 is 31.6 Å². The monoisotopic (exact) mass is 374 g/mol. The predicted octanol–water partition coefficient (Wildman–Crippen LogP) is 0.418. The molecule has 2 rings (SSSR count). The van der Waals surface area contributed by atoms with Crippen molar-refractivity contribution in [2.45, 2.75) is 9.79 Å². The number of hydrazine groups is 2. The van der Waals surface area contributed by atoms with Gasteiger partial charge >= 0.3 is 0 Å². The summed E-state index contributed by atoms with van der Waals surface area (Å²) in [5.41, 5.74) is 4.47. The molecule has 0 radical (unpaired) electrons. The number of rotatable bonds is 5. The van der Waals surface area contributed by atoms with E-state index in [1.807, 2.05) is 0 Å². The first kappa shape index (κ1) is 18.1. The third kappa shape index (κ3) is 3.64. The molecule has 0 fully saturated rings. The van der Waals surface area contributed by atoms with Crippen LogP contribution in [-0.2, 0) is 20.2 Å². The van der Waals surface area contributed by atoms with E-state index >= 15 is 0 Å². The minimum Gasteiger partial charge on any atom is -0.324 e. The Morgan fingerprint density at radius 3 is 1.29 bits per heavy atom. The van der Waals surface area contributed by atoms with E-state index in [-0.39, 0.29) is 22.5 Å². The van der Waals surface area contributed by atoms with E-state index in [1.54, 1.807) is 0 Å². The Balaban J connectivity index is 2.87. The standard InChI is InChI=1S/C12H14N4O6S2/c13-15-7-1-3-9(11(5-7)23(17,18)19)10-4-2-8(16-14)6-12(10)24(20,21)22/h1-6,15-16H,13-14H2,(H,17,18,19)(H,20,21,22). The van der Waals surface area contributed by atoms with E-state index in [2.05, 4.69) is 10.9 Å². The lowest BCUT2D eigenvalue weighted by Gasteiger charge is -2.13. The van der Waals surface area contributed by atoms with Gasteiger partial charge in [0.25, 0.3) is 20.2 Å². The lowest BCUT2D eigenvalue weighted by Crippen LogP contribution is -2.11. The first-order valence-corrected chi connectivity index (χ1v) is 9.12. The van der Waals surface area contributed by atoms with Crippen LogP contribution in [0.15, 0.2) is 46.2 Å². The van der Waals surface area contributed by atoms with E-state index < -0.39 is 30.0 Å². The van der Waals surface area contributed by atoms with Gasteiger partial charge in [0.05, 0.1) is 0 Å². The third-order valence-corrected chi connectivity index (χ3v) is 4.93. The van der Waals surface area contributed by atoms with Crippen LogP contribution in [0.2, 0.25) is 0 Å². The number of benzene rings is 2. The van der Waals surface area contributed by atoms with Gasteiger partial charge in [-0.25, -0.2) is 0 Å². The molecule has 8 N–H and O–H groups in total. The number of nitrogen functional groups attached to an aromatic ring is 2. The molecule has 10 nitrogen and oxygen atoms in total. The summed E-state index contributed by atoms with van der Waals surface area (Å²) in [4.78, 5) is -1.17. The molecule has 0 unspecified atom stereocenters. The third-order valence-electron chi connectivity index (χ3n) is 3.14. The highest BCUT2D eigenvalue weighted by Gasteiger charge is 2.23. The number of nitrogens with two attached hydrogens (primary N) is 2. The molecule has 130 valence electrons. The van der Waals surface area contributed by atoms with Crippen LogP contribution in [-0.4, -0.2) is 25.9 Å². The van der Waals surface area contributed by atoms with E-state index in [0.29, 0.717) is 0 Å². The van der Waals surface area contributed by atoms with Gasteiger partial charge in [-0.15, -0.1) is 0 Å². The van der Waals surface area contributed by atoms with Gasteiger partial charge in [-0.1, -0.05) is 12.1 Å². The molecule has 0 aromatic heterocycles. The van der Waals surface area contributed by atoms with E-state index in [9.17, 15) is 25.9 Å². The molecule has 24 heavy (non-hydrogen) atoms. The zero-order chi connectivity index (χ0) is 18.1. The SMILES string of the molecule is NNc1ccc(-c2ccc(NN)cc2S(=O)(=O)O)c(S(=O)(=O)O)c1. The van der Waals surface area contributed by atoms with E-state index in [4.69, 9.17) is 11.7 Å². The maximum atomic E-state index is 11.6. The molecule has 0 bridgehead atoms. The molecule has 2 aromatic rings. The molecule has 0 aliphatic heterocycles. The Hall–Kier alpha value is -2.22. The predicted molar refractivity (Wildman–Crippen MR) is 87.1 cm³/mol. The number of nitrogens with one attached hydrogen (secondary N) is 2. The summed E-state index contributed by atoms with van der Waals surface area (Å²) in [7, 11) is -9.41. The highest BCUT2D eigenvalue weighted by Crippen LogP contribution is 2.35. The van der Waals surface area contributed by atoms with Crippen molar-refractivity contribution in [3.05, 3.63) is 36.4 Å². The molecule has 12 heteroatoms. The van der Waals surface area contributed by atoms with Gasteiger partial charge in [-0.05, 0) is 24.3 Å². The maximum Gasteiger partial charge on any atom is 0.295 e. The first-order valence-electron chi connectivity index (χ1n) is 6.24. The Morgan fingerprint density at radius 1 is 0.708 bits per heavy atom. The van der Waals surface area contributed by atoms with Crippen molar-refractivity contribution < 1.29 is 25.9 Å². The van der Waals surface area contributed by atoms with Crippen molar-refractivity contribution in [1.82, 2.24) is 0 Å². The Kier molecular flexibility index (Phi) is 4.80. The molecule has 0 aliphatic rings. The fraction of sp³-hybridized carbons (Fsp3) is 0. The normalized spacial score (nSPS) is 12.0. The van der Waals surface area contributed by atoms with E-state index in [0.717, 1.165) is 12.1 Å². The first-order chi connectivity index (χ1) is 11.1. The van der Waals surface area contributed by atoms with Crippen LogP contribution in [0, 0.1) is 0 Å². The second kappa shape index (κ2) is 6.35. The summed E-state index contributed by atoms with van der Waals surface area (Å²) in [6, 6.07) is 7.25. The topological polar surface area (TPSA) is 185 Å². The summed E-state index contributed by atoms with van der Waals surface area (Å²) >= 11 is 0. The van der Waals surface area contributed by atoms with Crippen LogP contribution >= 0.6 is 0 Å². The number of hydrogen-bond donors (Lipinski definition) is 6. The van der Waals surface area contributed by atoms with Gasteiger partial charge in [0, 0.05) is 22.5 Å². The van der Waals surface area contributed by atoms with Gasteiger partial charge in [0.1, 0.15) is 9.79 Å². The van der Waals surface area contributed by atoms with Crippen LogP contribution in [0.25, 0.3) is 11.1 Å².